The van der Waals surface area contributed by atoms with Gasteiger partial charge in [0, 0.05) is 18.2 Å². The molecule has 0 amide bonds. The van der Waals surface area contributed by atoms with Crippen molar-refractivity contribution in [3.8, 4) is 0 Å². The van der Waals surface area contributed by atoms with E-state index in [1.807, 2.05) is 16.7 Å². The van der Waals surface area contributed by atoms with Gasteiger partial charge in [0.15, 0.2) is 5.65 Å². The Hall–Kier alpha value is -1.95. The Morgan fingerprint density at radius 1 is 1.32 bits per heavy atom. The molecule has 118 valence electrons. The SMILES string of the molecule is COC(=O)c1cccn2c(C3CCN(C(C)C)CC3)nnc12. The van der Waals surface area contributed by atoms with E-state index in [9.17, 15) is 4.79 Å². The predicted molar refractivity (Wildman–Crippen MR) is 83.0 cm³/mol. The zero-order valence-electron chi connectivity index (χ0n) is 13.3. The molecule has 0 aromatic carbocycles. The highest BCUT2D eigenvalue weighted by Crippen LogP contribution is 2.28. The fourth-order valence-electron chi connectivity index (χ4n) is 3.16. The molecule has 2 aromatic heterocycles. The van der Waals surface area contributed by atoms with Crippen LogP contribution in [0.1, 0.15) is 48.8 Å². The van der Waals surface area contributed by atoms with Gasteiger partial charge >= 0.3 is 5.97 Å². The average molecular weight is 302 g/mol. The predicted octanol–water partition coefficient (Wildman–Crippen LogP) is 2.10. The van der Waals surface area contributed by atoms with Gasteiger partial charge in [0.2, 0.25) is 0 Å². The maximum absolute atomic E-state index is 11.8. The van der Waals surface area contributed by atoms with Crippen molar-refractivity contribution < 1.29 is 9.53 Å². The lowest BCUT2D eigenvalue weighted by atomic mass is 9.95. The van der Waals surface area contributed by atoms with E-state index in [2.05, 4.69) is 28.9 Å². The summed E-state index contributed by atoms with van der Waals surface area (Å²) >= 11 is 0. The molecular weight excluding hydrogens is 280 g/mol. The molecule has 2 aromatic rings. The van der Waals surface area contributed by atoms with Crippen molar-refractivity contribution in [1.82, 2.24) is 19.5 Å². The highest BCUT2D eigenvalue weighted by molar-refractivity contribution is 5.95. The summed E-state index contributed by atoms with van der Waals surface area (Å²) in [6, 6.07) is 4.15. The van der Waals surface area contributed by atoms with Crippen LogP contribution in [0, 0.1) is 0 Å². The number of methoxy groups -OCH3 is 1. The van der Waals surface area contributed by atoms with Crippen molar-refractivity contribution in [3.05, 3.63) is 29.7 Å². The first-order chi connectivity index (χ1) is 10.6. The Kier molecular flexibility index (Phi) is 4.11. The fourth-order valence-corrected chi connectivity index (χ4v) is 3.16. The van der Waals surface area contributed by atoms with Crippen LogP contribution < -0.4 is 0 Å². The molecule has 3 heterocycles. The summed E-state index contributed by atoms with van der Waals surface area (Å²) in [4.78, 5) is 14.3. The minimum absolute atomic E-state index is 0.376. The number of aromatic nitrogens is 3. The highest BCUT2D eigenvalue weighted by Gasteiger charge is 2.26. The number of ether oxygens (including phenoxy) is 1. The van der Waals surface area contributed by atoms with Gasteiger partial charge in [-0.25, -0.2) is 4.79 Å². The van der Waals surface area contributed by atoms with Crippen molar-refractivity contribution in [1.29, 1.82) is 0 Å². The largest absolute Gasteiger partial charge is 0.465 e. The number of nitrogens with zero attached hydrogens (tertiary/aromatic N) is 4. The van der Waals surface area contributed by atoms with Gasteiger partial charge in [0.1, 0.15) is 11.4 Å². The Morgan fingerprint density at radius 3 is 2.68 bits per heavy atom. The summed E-state index contributed by atoms with van der Waals surface area (Å²) in [6.45, 7) is 6.62. The summed E-state index contributed by atoms with van der Waals surface area (Å²) < 4.78 is 6.75. The van der Waals surface area contributed by atoms with Gasteiger partial charge in [0.25, 0.3) is 0 Å². The molecule has 0 spiro atoms. The van der Waals surface area contributed by atoms with Crippen LogP contribution in [0.25, 0.3) is 5.65 Å². The lowest BCUT2D eigenvalue weighted by Gasteiger charge is -2.33. The maximum Gasteiger partial charge on any atom is 0.341 e. The molecule has 0 unspecified atom stereocenters. The van der Waals surface area contributed by atoms with Crippen molar-refractivity contribution >= 4 is 11.6 Å². The zero-order chi connectivity index (χ0) is 15.7. The first-order valence-corrected chi connectivity index (χ1v) is 7.77. The smallest absolute Gasteiger partial charge is 0.341 e. The number of carbonyl (C=O) groups excluding carboxylic acids is 1. The molecule has 0 N–H and O–H groups in total. The van der Waals surface area contributed by atoms with Crippen LogP contribution in [0.3, 0.4) is 0 Å². The van der Waals surface area contributed by atoms with E-state index in [1.54, 1.807) is 6.07 Å². The summed E-state index contributed by atoms with van der Waals surface area (Å²) in [7, 11) is 1.38. The van der Waals surface area contributed by atoms with Crippen molar-refractivity contribution in [3.63, 3.8) is 0 Å². The lowest BCUT2D eigenvalue weighted by Crippen LogP contribution is -2.38. The molecular formula is C16H22N4O2. The molecule has 0 radical (unpaired) electrons. The zero-order valence-corrected chi connectivity index (χ0v) is 13.3. The molecule has 0 atom stereocenters. The van der Waals surface area contributed by atoms with E-state index >= 15 is 0 Å². The normalized spacial score (nSPS) is 17.3. The quantitative estimate of drug-likeness (QED) is 0.813. The monoisotopic (exact) mass is 302 g/mol. The molecule has 1 aliphatic heterocycles. The Balaban J connectivity index is 1.88. The van der Waals surface area contributed by atoms with Crippen LogP contribution in [0.5, 0.6) is 0 Å². The van der Waals surface area contributed by atoms with Gasteiger partial charge < -0.3 is 9.64 Å². The van der Waals surface area contributed by atoms with Gasteiger partial charge in [-0.2, -0.15) is 0 Å². The number of pyridine rings is 1. The molecule has 0 saturated carbocycles. The van der Waals surface area contributed by atoms with Crippen LogP contribution in [-0.2, 0) is 4.74 Å². The summed E-state index contributed by atoms with van der Waals surface area (Å²) in [6.07, 6.45) is 4.06. The topological polar surface area (TPSA) is 59.7 Å². The molecule has 1 saturated heterocycles. The molecule has 0 aliphatic carbocycles. The minimum Gasteiger partial charge on any atom is -0.465 e. The van der Waals surface area contributed by atoms with Crippen molar-refractivity contribution in [2.45, 2.75) is 38.6 Å². The standard InChI is InChI=1S/C16H22N4O2/c1-11(2)19-9-6-12(7-10-19)14-17-18-15-13(16(21)22-3)5-4-8-20(14)15/h4-5,8,11-12H,6-7,9-10H2,1-3H3. The number of likely N-dealkylation sites (tertiary alicyclic amines) is 1. The van der Waals surface area contributed by atoms with Gasteiger partial charge in [0.05, 0.1) is 7.11 Å². The van der Waals surface area contributed by atoms with Crippen LogP contribution >= 0.6 is 0 Å². The Morgan fingerprint density at radius 2 is 2.05 bits per heavy atom. The molecule has 0 bridgehead atoms. The highest BCUT2D eigenvalue weighted by atomic mass is 16.5. The van der Waals surface area contributed by atoms with Crippen molar-refractivity contribution in [2.24, 2.45) is 0 Å². The van der Waals surface area contributed by atoms with Gasteiger partial charge in [-0.1, -0.05) is 0 Å². The van der Waals surface area contributed by atoms with Crippen LogP contribution in [0.15, 0.2) is 18.3 Å². The lowest BCUT2D eigenvalue weighted by molar-refractivity contribution is 0.0602. The first-order valence-electron chi connectivity index (χ1n) is 7.77. The number of piperidine rings is 1. The third kappa shape index (κ3) is 2.59. The second-order valence-electron chi connectivity index (χ2n) is 6.07. The second kappa shape index (κ2) is 6.04. The van der Waals surface area contributed by atoms with E-state index in [1.165, 1.54) is 7.11 Å². The summed E-state index contributed by atoms with van der Waals surface area (Å²) in [5.74, 6) is 0.959. The summed E-state index contributed by atoms with van der Waals surface area (Å²) in [5.41, 5.74) is 1.04. The molecule has 6 nitrogen and oxygen atoms in total. The van der Waals surface area contributed by atoms with E-state index < -0.39 is 0 Å². The summed E-state index contributed by atoms with van der Waals surface area (Å²) in [5, 5.41) is 8.57. The fraction of sp³-hybridized carbons (Fsp3) is 0.562. The third-order valence-electron chi connectivity index (χ3n) is 4.49. The number of carbonyl (C=O) groups is 1. The molecule has 1 fully saturated rings. The maximum atomic E-state index is 11.8. The number of hydrogen-bond donors (Lipinski definition) is 0. The van der Waals surface area contributed by atoms with Crippen LogP contribution in [-0.4, -0.2) is 51.7 Å². The van der Waals surface area contributed by atoms with E-state index in [4.69, 9.17) is 4.74 Å². The van der Waals surface area contributed by atoms with E-state index in [0.29, 0.717) is 23.2 Å². The van der Waals surface area contributed by atoms with E-state index in [-0.39, 0.29) is 5.97 Å². The Labute approximate surface area is 130 Å². The molecule has 6 heteroatoms. The van der Waals surface area contributed by atoms with Gasteiger partial charge in [-0.05, 0) is 51.9 Å². The van der Waals surface area contributed by atoms with Crippen molar-refractivity contribution in [2.75, 3.05) is 20.2 Å². The van der Waals surface area contributed by atoms with Gasteiger partial charge in [-0.3, -0.25) is 4.40 Å². The number of hydrogen-bond acceptors (Lipinski definition) is 5. The molecule has 1 aliphatic rings. The number of fused-ring (bicyclic) bond motifs is 1. The Bertz CT molecular complexity index is 672. The van der Waals surface area contributed by atoms with E-state index in [0.717, 1.165) is 31.8 Å². The third-order valence-corrected chi connectivity index (χ3v) is 4.49. The van der Waals surface area contributed by atoms with Crippen LogP contribution in [0.4, 0.5) is 0 Å². The van der Waals surface area contributed by atoms with Crippen LogP contribution in [0.2, 0.25) is 0 Å². The molecule has 3 rings (SSSR count). The first kappa shape index (κ1) is 15.0. The second-order valence-corrected chi connectivity index (χ2v) is 6.07. The average Bonchev–Trinajstić information content (AvgIpc) is 2.98. The number of esters is 1. The molecule has 22 heavy (non-hydrogen) atoms. The number of rotatable bonds is 3. The minimum atomic E-state index is -0.376. The van der Waals surface area contributed by atoms with Gasteiger partial charge in [-0.15, -0.1) is 10.2 Å².